The lowest BCUT2D eigenvalue weighted by Crippen LogP contribution is -2.35. The minimum atomic E-state index is -4.36. The molecular weight excluding hydrogens is 363 g/mol. The fourth-order valence-corrected chi connectivity index (χ4v) is 2.50. The van der Waals surface area contributed by atoms with E-state index < -0.39 is 18.6 Å². The van der Waals surface area contributed by atoms with Crippen LogP contribution in [0.4, 0.5) is 24.8 Å². The van der Waals surface area contributed by atoms with Crippen LogP contribution in [-0.4, -0.2) is 49.7 Å². The van der Waals surface area contributed by atoms with Crippen LogP contribution in [-0.2, 0) is 0 Å². The Morgan fingerprint density at radius 3 is 2.81 bits per heavy atom. The Morgan fingerprint density at radius 1 is 1.33 bits per heavy atom. The molecule has 0 spiro atoms. The molecule has 27 heavy (non-hydrogen) atoms. The van der Waals surface area contributed by atoms with E-state index in [1.54, 1.807) is 6.92 Å². The number of halogens is 3. The van der Waals surface area contributed by atoms with Crippen molar-refractivity contribution >= 4 is 23.2 Å². The first kappa shape index (κ1) is 18.5. The van der Waals surface area contributed by atoms with Crippen molar-refractivity contribution in [1.82, 2.24) is 24.6 Å². The average Bonchev–Trinajstić information content (AvgIpc) is 3.04. The van der Waals surface area contributed by atoms with Gasteiger partial charge in [-0.1, -0.05) is 6.92 Å². The van der Waals surface area contributed by atoms with Gasteiger partial charge in [0.2, 0.25) is 0 Å². The van der Waals surface area contributed by atoms with Gasteiger partial charge >= 0.3 is 6.18 Å². The molecule has 1 N–H and O–H groups in total. The largest absolute Gasteiger partial charge is 0.405 e. The molecule has 0 saturated carbocycles. The fraction of sp³-hybridized carbons (Fsp3) is 0.312. The Labute approximate surface area is 152 Å². The molecule has 142 valence electrons. The van der Waals surface area contributed by atoms with E-state index in [0.29, 0.717) is 6.42 Å². The molecule has 11 heteroatoms. The van der Waals surface area contributed by atoms with E-state index in [4.69, 9.17) is 0 Å². The summed E-state index contributed by atoms with van der Waals surface area (Å²) in [4.78, 5) is 25.5. The first-order chi connectivity index (χ1) is 12.9. The summed E-state index contributed by atoms with van der Waals surface area (Å²) >= 11 is 0. The van der Waals surface area contributed by atoms with Crippen molar-refractivity contribution in [3.63, 3.8) is 0 Å². The number of aromatic nitrogens is 5. The van der Waals surface area contributed by atoms with Gasteiger partial charge in [-0.15, -0.1) is 0 Å². The summed E-state index contributed by atoms with van der Waals surface area (Å²) in [5.74, 6) is -0.111. The van der Waals surface area contributed by atoms with Gasteiger partial charge in [-0.2, -0.15) is 18.3 Å². The number of carbonyl (C=O) groups is 1. The van der Waals surface area contributed by atoms with Gasteiger partial charge in [0.05, 0.1) is 6.20 Å². The van der Waals surface area contributed by atoms with E-state index in [-0.39, 0.29) is 29.4 Å². The predicted molar refractivity (Wildman–Crippen MR) is 91.5 cm³/mol. The third kappa shape index (κ3) is 4.49. The van der Waals surface area contributed by atoms with E-state index in [1.165, 1.54) is 41.6 Å². The first-order valence-corrected chi connectivity index (χ1v) is 8.11. The highest BCUT2D eigenvalue weighted by molar-refractivity contribution is 6.07. The summed E-state index contributed by atoms with van der Waals surface area (Å²) in [7, 11) is 0. The normalized spacial score (nSPS) is 11.6. The zero-order valence-corrected chi connectivity index (χ0v) is 14.3. The van der Waals surface area contributed by atoms with E-state index in [0.717, 1.165) is 4.90 Å². The third-order valence-electron chi connectivity index (χ3n) is 3.61. The maximum atomic E-state index is 12.9. The van der Waals surface area contributed by atoms with Crippen molar-refractivity contribution in [1.29, 1.82) is 0 Å². The molecule has 3 heterocycles. The van der Waals surface area contributed by atoms with E-state index >= 15 is 0 Å². The van der Waals surface area contributed by atoms with Gasteiger partial charge in [0, 0.05) is 18.9 Å². The Hall–Kier alpha value is -3.24. The molecule has 1 amide bonds. The maximum absolute atomic E-state index is 12.9. The van der Waals surface area contributed by atoms with Crippen molar-refractivity contribution in [3.8, 4) is 0 Å². The molecule has 3 aromatic rings. The lowest BCUT2D eigenvalue weighted by molar-refractivity contribution is -0.119. The smallest absolute Gasteiger partial charge is 0.347 e. The molecule has 0 atom stereocenters. The minimum absolute atomic E-state index is 0.123. The molecule has 0 fully saturated rings. The van der Waals surface area contributed by atoms with Crippen LogP contribution in [0.2, 0.25) is 0 Å². The number of nitrogens with zero attached hydrogens (tertiary/aromatic N) is 6. The molecular formula is C16H16F3N7O. The standard InChI is InChI=1S/C16H16F3N7O/c1-2-6-25(9-16(17,18)19)13-4-7-26-14(24-13)11(8-22-26)15(27)23-12-3-5-20-10-21-12/h3-5,7-8,10H,2,6,9H2,1H3,(H,20,21,23,27). The van der Waals surface area contributed by atoms with Crippen LogP contribution < -0.4 is 10.2 Å². The van der Waals surface area contributed by atoms with Crippen LogP contribution in [0.1, 0.15) is 23.7 Å². The van der Waals surface area contributed by atoms with E-state index in [2.05, 4.69) is 25.4 Å². The molecule has 0 radical (unpaired) electrons. The van der Waals surface area contributed by atoms with Gasteiger partial charge in [0.15, 0.2) is 5.65 Å². The highest BCUT2D eigenvalue weighted by atomic mass is 19.4. The number of carbonyl (C=O) groups excluding carboxylic acids is 1. The van der Waals surface area contributed by atoms with Gasteiger partial charge in [-0.3, -0.25) is 4.79 Å². The zero-order valence-electron chi connectivity index (χ0n) is 14.3. The number of nitrogens with one attached hydrogen (secondary N) is 1. The van der Waals surface area contributed by atoms with Gasteiger partial charge in [0.25, 0.3) is 5.91 Å². The summed E-state index contributed by atoms with van der Waals surface area (Å²) < 4.78 is 39.9. The molecule has 3 aromatic heterocycles. The van der Waals surface area contributed by atoms with Crippen LogP contribution in [0.25, 0.3) is 5.65 Å². The Balaban J connectivity index is 1.92. The first-order valence-electron chi connectivity index (χ1n) is 8.11. The average molecular weight is 379 g/mol. The molecule has 8 nitrogen and oxygen atoms in total. The summed E-state index contributed by atoms with van der Waals surface area (Å²) in [6, 6.07) is 2.95. The van der Waals surface area contributed by atoms with Crippen molar-refractivity contribution < 1.29 is 18.0 Å². The number of hydrogen-bond acceptors (Lipinski definition) is 6. The third-order valence-corrected chi connectivity index (χ3v) is 3.61. The summed E-state index contributed by atoms with van der Waals surface area (Å²) in [5, 5.41) is 6.59. The van der Waals surface area contributed by atoms with Crippen molar-refractivity contribution in [2.24, 2.45) is 0 Å². The second-order valence-electron chi connectivity index (χ2n) is 5.70. The van der Waals surface area contributed by atoms with Gasteiger partial charge < -0.3 is 10.2 Å². The number of fused-ring (bicyclic) bond motifs is 1. The van der Waals surface area contributed by atoms with E-state index in [1.807, 2.05) is 0 Å². The number of amides is 1. The van der Waals surface area contributed by atoms with Crippen LogP contribution in [0.3, 0.4) is 0 Å². The highest BCUT2D eigenvalue weighted by Gasteiger charge is 2.31. The molecule has 3 rings (SSSR count). The van der Waals surface area contributed by atoms with Crippen molar-refractivity contribution in [3.05, 3.63) is 42.6 Å². The van der Waals surface area contributed by atoms with Crippen LogP contribution in [0.15, 0.2) is 37.1 Å². The second kappa shape index (κ2) is 7.56. The van der Waals surface area contributed by atoms with Crippen LogP contribution in [0, 0.1) is 0 Å². The molecule has 0 aliphatic carbocycles. The molecule has 0 saturated heterocycles. The SMILES string of the molecule is CCCN(CC(F)(F)F)c1ccn2ncc(C(=O)Nc3ccncn3)c2n1. The minimum Gasteiger partial charge on any atom is -0.347 e. The van der Waals surface area contributed by atoms with Crippen molar-refractivity contribution in [2.45, 2.75) is 19.5 Å². The lowest BCUT2D eigenvalue weighted by atomic mass is 10.3. The van der Waals surface area contributed by atoms with Crippen LogP contribution >= 0.6 is 0 Å². The molecule has 0 aliphatic heterocycles. The molecule has 0 unspecified atom stereocenters. The maximum Gasteiger partial charge on any atom is 0.405 e. The summed E-state index contributed by atoms with van der Waals surface area (Å²) in [6.07, 6.45) is 1.67. The lowest BCUT2D eigenvalue weighted by Gasteiger charge is -2.24. The molecule has 0 aromatic carbocycles. The second-order valence-corrected chi connectivity index (χ2v) is 5.70. The number of rotatable bonds is 6. The van der Waals surface area contributed by atoms with Gasteiger partial charge in [-0.25, -0.2) is 19.5 Å². The number of hydrogen-bond donors (Lipinski definition) is 1. The Bertz CT molecular complexity index is 927. The topological polar surface area (TPSA) is 88.3 Å². The Morgan fingerprint density at radius 2 is 2.15 bits per heavy atom. The zero-order chi connectivity index (χ0) is 19.4. The summed E-state index contributed by atoms with van der Waals surface area (Å²) in [6.45, 7) is 0.835. The Kier molecular flexibility index (Phi) is 5.19. The highest BCUT2D eigenvalue weighted by Crippen LogP contribution is 2.22. The molecule has 0 aliphatic rings. The van der Waals surface area contributed by atoms with E-state index in [9.17, 15) is 18.0 Å². The quantitative estimate of drug-likeness (QED) is 0.708. The predicted octanol–water partition coefficient (Wildman–Crippen LogP) is 2.55. The molecule has 0 bridgehead atoms. The number of anilines is 2. The summed E-state index contributed by atoms with van der Waals surface area (Å²) in [5.41, 5.74) is 0.279. The van der Waals surface area contributed by atoms with Gasteiger partial charge in [-0.05, 0) is 18.6 Å². The monoisotopic (exact) mass is 379 g/mol. The van der Waals surface area contributed by atoms with Gasteiger partial charge in [0.1, 0.15) is 30.1 Å². The van der Waals surface area contributed by atoms with Crippen molar-refractivity contribution in [2.75, 3.05) is 23.3 Å². The van der Waals surface area contributed by atoms with Crippen LogP contribution in [0.5, 0.6) is 0 Å². The number of alkyl halides is 3. The fourth-order valence-electron chi connectivity index (χ4n) is 2.50.